The number of rotatable bonds is 3. The lowest BCUT2D eigenvalue weighted by Gasteiger charge is -2.35. The molecule has 0 aromatic heterocycles. The number of urea groups is 1. The first-order valence-corrected chi connectivity index (χ1v) is 10.4. The molecule has 3 aromatic rings. The lowest BCUT2D eigenvalue weighted by molar-refractivity contribution is -0.137. The van der Waals surface area contributed by atoms with Gasteiger partial charge in [-0.25, -0.2) is 9.64 Å². The summed E-state index contributed by atoms with van der Waals surface area (Å²) in [6.07, 6.45) is -4.46. The number of aryl methyl sites for hydroxylation is 1. The molecular weight excluding hydrogens is 427 g/mol. The number of hydrogen-bond acceptors (Lipinski definition) is 1. The molecule has 168 valence electrons. The van der Waals surface area contributed by atoms with Gasteiger partial charge in [0.15, 0.2) is 5.69 Å². The van der Waals surface area contributed by atoms with Gasteiger partial charge in [-0.3, -0.25) is 9.80 Å². The van der Waals surface area contributed by atoms with Crippen LogP contribution in [0.3, 0.4) is 0 Å². The lowest BCUT2D eigenvalue weighted by Crippen LogP contribution is -2.43. The molecule has 0 saturated carbocycles. The van der Waals surface area contributed by atoms with Crippen LogP contribution in [0.5, 0.6) is 0 Å². The third-order valence-corrected chi connectivity index (χ3v) is 5.98. The Balaban J connectivity index is 1.87. The van der Waals surface area contributed by atoms with E-state index in [-0.39, 0.29) is 6.03 Å². The van der Waals surface area contributed by atoms with Crippen molar-refractivity contribution in [3.8, 4) is 0 Å². The van der Waals surface area contributed by atoms with E-state index in [4.69, 9.17) is 6.57 Å². The molecule has 33 heavy (non-hydrogen) atoms. The molecule has 1 heterocycles. The van der Waals surface area contributed by atoms with Crippen LogP contribution in [-0.4, -0.2) is 11.6 Å². The van der Waals surface area contributed by atoms with Gasteiger partial charge in [-0.15, -0.1) is 0 Å². The summed E-state index contributed by atoms with van der Waals surface area (Å²) in [5, 5.41) is 0. The van der Waals surface area contributed by atoms with Gasteiger partial charge in [0.25, 0.3) is 0 Å². The summed E-state index contributed by atoms with van der Waals surface area (Å²) in [6.45, 7) is 13.1. The predicted molar refractivity (Wildman–Crippen MR) is 123 cm³/mol. The van der Waals surface area contributed by atoms with Crippen molar-refractivity contribution in [2.75, 3.05) is 9.80 Å². The maximum absolute atomic E-state index is 13.8. The Morgan fingerprint density at radius 2 is 1.55 bits per heavy atom. The maximum Gasteiger partial charge on any atom is 0.416 e. The van der Waals surface area contributed by atoms with Crippen molar-refractivity contribution >= 4 is 23.1 Å². The Kier molecular flexibility index (Phi) is 5.41. The molecule has 0 bridgehead atoms. The smallest absolute Gasteiger partial charge is 0.286 e. The molecular formula is C26H22F3N3O. The minimum atomic E-state index is -4.46. The molecule has 1 saturated heterocycles. The summed E-state index contributed by atoms with van der Waals surface area (Å²) in [5.41, 5.74) is 1.71. The van der Waals surface area contributed by atoms with Gasteiger partial charge >= 0.3 is 12.2 Å². The van der Waals surface area contributed by atoms with Crippen LogP contribution in [0.4, 0.5) is 35.0 Å². The molecule has 4 nitrogen and oxygen atoms in total. The molecule has 0 N–H and O–H groups in total. The van der Waals surface area contributed by atoms with E-state index in [0.717, 1.165) is 23.3 Å². The predicted octanol–water partition coefficient (Wildman–Crippen LogP) is 7.53. The average molecular weight is 449 g/mol. The van der Waals surface area contributed by atoms with Gasteiger partial charge in [-0.1, -0.05) is 42.0 Å². The number of amides is 2. The zero-order chi connectivity index (χ0) is 24.0. The Bertz CT molecular complexity index is 1230. The van der Waals surface area contributed by atoms with Crippen molar-refractivity contribution in [2.45, 2.75) is 38.5 Å². The second-order valence-electron chi connectivity index (χ2n) is 8.63. The fourth-order valence-corrected chi connectivity index (χ4v) is 4.43. The highest BCUT2D eigenvalue weighted by Crippen LogP contribution is 2.48. The molecule has 3 aromatic carbocycles. The second kappa shape index (κ2) is 7.96. The highest BCUT2D eigenvalue weighted by molar-refractivity contribution is 6.08. The summed E-state index contributed by atoms with van der Waals surface area (Å²) in [5.74, 6) is 0. The molecule has 0 aliphatic carbocycles. The van der Waals surface area contributed by atoms with Crippen molar-refractivity contribution in [3.63, 3.8) is 0 Å². The van der Waals surface area contributed by atoms with Crippen molar-refractivity contribution < 1.29 is 18.0 Å². The van der Waals surface area contributed by atoms with Gasteiger partial charge in [0.2, 0.25) is 0 Å². The number of halogens is 3. The summed E-state index contributed by atoms with van der Waals surface area (Å²) < 4.78 is 39.3. The highest BCUT2D eigenvalue weighted by Gasteiger charge is 2.53. The van der Waals surface area contributed by atoms with Crippen LogP contribution in [0, 0.1) is 13.5 Å². The Morgan fingerprint density at radius 3 is 2.12 bits per heavy atom. The van der Waals surface area contributed by atoms with Crippen molar-refractivity contribution in [3.05, 3.63) is 101 Å². The molecule has 1 aliphatic rings. The summed E-state index contributed by atoms with van der Waals surface area (Å²) in [4.78, 5) is 20.5. The number of anilines is 2. The van der Waals surface area contributed by atoms with Gasteiger partial charge in [-0.05, 0) is 62.7 Å². The second-order valence-corrected chi connectivity index (χ2v) is 8.63. The average Bonchev–Trinajstić information content (AvgIpc) is 2.98. The van der Waals surface area contributed by atoms with Crippen LogP contribution in [0.1, 0.15) is 36.6 Å². The highest BCUT2D eigenvalue weighted by atomic mass is 19.4. The molecule has 4 rings (SSSR count). The van der Waals surface area contributed by atoms with Gasteiger partial charge in [-0.2, -0.15) is 13.2 Å². The number of benzene rings is 3. The number of alkyl halides is 3. The molecule has 7 heteroatoms. The van der Waals surface area contributed by atoms with E-state index in [0.29, 0.717) is 17.1 Å². The number of hydrogen-bond donors (Lipinski definition) is 0. The monoisotopic (exact) mass is 449 g/mol. The normalized spacial score (nSPS) is 17.8. The molecule has 0 radical (unpaired) electrons. The van der Waals surface area contributed by atoms with Gasteiger partial charge in [0.05, 0.1) is 23.7 Å². The van der Waals surface area contributed by atoms with Crippen LogP contribution in [0.2, 0.25) is 0 Å². The van der Waals surface area contributed by atoms with E-state index in [1.54, 1.807) is 23.1 Å². The first-order valence-electron chi connectivity index (χ1n) is 10.4. The summed E-state index contributed by atoms with van der Waals surface area (Å²) in [6, 6.07) is 18.4. The maximum atomic E-state index is 13.8. The van der Waals surface area contributed by atoms with Gasteiger partial charge in [0, 0.05) is 11.4 Å². The number of carbonyl (C=O) groups excluding carboxylic acids is 1. The number of carbonyl (C=O) groups is 1. The minimum absolute atomic E-state index is 0.346. The fourth-order valence-electron chi connectivity index (χ4n) is 4.43. The van der Waals surface area contributed by atoms with E-state index >= 15 is 0 Å². The van der Waals surface area contributed by atoms with Gasteiger partial charge < -0.3 is 0 Å². The van der Waals surface area contributed by atoms with Crippen LogP contribution in [0.15, 0.2) is 72.8 Å². The van der Waals surface area contributed by atoms with E-state index < -0.39 is 23.3 Å². The van der Waals surface area contributed by atoms with Crippen LogP contribution < -0.4 is 9.80 Å². The van der Waals surface area contributed by atoms with Crippen molar-refractivity contribution in [2.24, 2.45) is 0 Å². The van der Waals surface area contributed by atoms with Crippen LogP contribution in [-0.2, 0) is 6.18 Å². The zero-order valence-corrected chi connectivity index (χ0v) is 18.4. The van der Waals surface area contributed by atoms with Gasteiger partial charge in [0.1, 0.15) is 0 Å². The quantitative estimate of drug-likeness (QED) is 0.380. The summed E-state index contributed by atoms with van der Waals surface area (Å²) >= 11 is 0. The standard InChI is InChI=1S/C26H22F3N3O/c1-17-8-12-21(13-9-17)31-23(18-6-5-7-20(16-18)30-4)25(2,3)32(24(31)33)22-14-10-19(11-15-22)26(27,28)29/h5-16,23H,1-3H3. The molecule has 0 spiro atoms. The molecule has 1 atom stereocenters. The Morgan fingerprint density at radius 1 is 0.939 bits per heavy atom. The molecule has 1 fully saturated rings. The van der Waals surface area contributed by atoms with Crippen LogP contribution in [0.25, 0.3) is 4.85 Å². The van der Waals surface area contributed by atoms with E-state index in [1.807, 2.05) is 51.1 Å². The molecule has 1 unspecified atom stereocenters. The van der Waals surface area contributed by atoms with Crippen molar-refractivity contribution in [1.29, 1.82) is 0 Å². The Hall–Kier alpha value is -3.79. The zero-order valence-electron chi connectivity index (χ0n) is 18.4. The van der Waals surface area contributed by atoms with E-state index in [1.165, 1.54) is 17.0 Å². The fraction of sp³-hybridized carbons (Fsp3) is 0.231. The van der Waals surface area contributed by atoms with Crippen molar-refractivity contribution in [1.82, 2.24) is 0 Å². The van der Waals surface area contributed by atoms with E-state index in [2.05, 4.69) is 4.85 Å². The Labute approximate surface area is 190 Å². The van der Waals surface area contributed by atoms with E-state index in [9.17, 15) is 18.0 Å². The molecule has 1 aliphatic heterocycles. The SMILES string of the molecule is [C-]#[N+]c1cccc(C2N(c3ccc(C)cc3)C(=O)N(c3ccc(C(F)(F)F)cc3)C2(C)C)c1. The third kappa shape index (κ3) is 3.93. The summed E-state index contributed by atoms with van der Waals surface area (Å²) in [7, 11) is 0. The number of nitrogens with zero attached hydrogens (tertiary/aromatic N) is 3. The first kappa shape index (κ1) is 22.4. The minimum Gasteiger partial charge on any atom is -0.286 e. The largest absolute Gasteiger partial charge is 0.416 e. The third-order valence-electron chi connectivity index (χ3n) is 5.98. The molecule has 2 amide bonds. The van der Waals surface area contributed by atoms with Crippen LogP contribution >= 0.6 is 0 Å². The lowest BCUT2D eigenvalue weighted by atomic mass is 9.87. The first-order chi connectivity index (χ1) is 15.5. The topological polar surface area (TPSA) is 27.9 Å².